The number of hydrogen-bond donors (Lipinski definition) is 3. The number of hydrogen-bond acceptors (Lipinski definition) is 3. The summed E-state index contributed by atoms with van der Waals surface area (Å²) < 4.78 is 0. The number of phenols is 1. The first kappa shape index (κ1) is 18.1. The molecule has 1 saturated heterocycles. The van der Waals surface area contributed by atoms with E-state index in [0.717, 1.165) is 30.8 Å². The van der Waals surface area contributed by atoms with Gasteiger partial charge in [0.25, 0.3) is 5.91 Å². The Labute approximate surface area is 154 Å². The zero-order valence-corrected chi connectivity index (χ0v) is 15.2. The molecule has 1 heterocycles. The predicted molar refractivity (Wildman–Crippen MR) is 102 cm³/mol. The maximum Gasteiger partial charge on any atom is 0.271 e. The number of phenolic OH excluding ortho intramolecular Hbond substituents is 1. The molecule has 26 heavy (non-hydrogen) atoms. The molecule has 0 aromatic heterocycles. The van der Waals surface area contributed by atoms with Crippen LogP contribution in [0.1, 0.15) is 47.7 Å². The number of piperidine rings is 1. The van der Waals surface area contributed by atoms with Crippen molar-refractivity contribution in [3.05, 3.63) is 65.2 Å². The highest BCUT2D eigenvalue weighted by Gasteiger charge is 2.16. The summed E-state index contributed by atoms with van der Waals surface area (Å²) in [5.41, 5.74) is 5.72. The van der Waals surface area contributed by atoms with Crippen LogP contribution < -0.4 is 10.3 Å². The lowest BCUT2D eigenvalue weighted by molar-refractivity contribution is -0.918. The molecule has 136 valence electrons. The molecule has 0 bridgehead atoms. The van der Waals surface area contributed by atoms with E-state index in [4.69, 9.17) is 0 Å². The molecule has 1 aliphatic rings. The fourth-order valence-corrected chi connectivity index (χ4v) is 3.30. The molecular weight excluding hydrogens is 326 g/mol. The van der Waals surface area contributed by atoms with Gasteiger partial charge in [0.15, 0.2) is 0 Å². The average molecular weight is 352 g/mol. The third-order valence-electron chi connectivity index (χ3n) is 4.86. The lowest BCUT2D eigenvalue weighted by atomic mass is 10.0. The van der Waals surface area contributed by atoms with Crippen LogP contribution in [-0.2, 0) is 6.54 Å². The number of nitrogens with zero attached hydrogens (tertiary/aromatic N) is 1. The Morgan fingerprint density at radius 1 is 1.08 bits per heavy atom. The molecule has 0 saturated carbocycles. The molecule has 5 nitrogen and oxygen atoms in total. The molecule has 0 unspecified atom stereocenters. The maximum atomic E-state index is 12.1. The van der Waals surface area contributed by atoms with Gasteiger partial charge in [-0.05, 0) is 62.1 Å². The molecule has 3 rings (SSSR count). The van der Waals surface area contributed by atoms with Gasteiger partial charge in [0, 0.05) is 11.1 Å². The van der Waals surface area contributed by atoms with Crippen molar-refractivity contribution in [2.45, 2.75) is 32.7 Å². The van der Waals surface area contributed by atoms with Crippen molar-refractivity contribution in [1.29, 1.82) is 0 Å². The molecule has 2 aromatic carbocycles. The Morgan fingerprint density at radius 3 is 2.54 bits per heavy atom. The van der Waals surface area contributed by atoms with Crippen LogP contribution in [0.3, 0.4) is 0 Å². The highest BCUT2D eigenvalue weighted by molar-refractivity contribution is 6.01. The van der Waals surface area contributed by atoms with E-state index < -0.39 is 0 Å². The minimum atomic E-state index is -0.235. The maximum absolute atomic E-state index is 12.1. The van der Waals surface area contributed by atoms with Crippen LogP contribution in [0.4, 0.5) is 0 Å². The number of likely N-dealkylation sites (tertiary alicyclic amines) is 1. The van der Waals surface area contributed by atoms with Crippen LogP contribution in [0.2, 0.25) is 0 Å². The molecule has 0 spiro atoms. The Kier molecular flexibility index (Phi) is 6.02. The van der Waals surface area contributed by atoms with Crippen LogP contribution in [0.25, 0.3) is 0 Å². The third kappa shape index (κ3) is 4.70. The van der Waals surface area contributed by atoms with Gasteiger partial charge in [0.2, 0.25) is 0 Å². The van der Waals surface area contributed by atoms with E-state index in [0.29, 0.717) is 17.0 Å². The number of hydrazone groups is 1. The van der Waals surface area contributed by atoms with Crippen molar-refractivity contribution in [3.8, 4) is 5.75 Å². The van der Waals surface area contributed by atoms with E-state index in [-0.39, 0.29) is 5.91 Å². The Balaban J connectivity index is 1.69. The van der Waals surface area contributed by atoms with Crippen LogP contribution in [0.15, 0.2) is 53.6 Å². The van der Waals surface area contributed by atoms with Gasteiger partial charge in [-0.1, -0.05) is 18.2 Å². The van der Waals surface area contributed by atoms with Crippen LogP contribution >= 0.6 is 0 Å². The lowest BCUT2D eigenvalue weighted by Crippen LogP contribution is -3.11. The van der Waals surface area contributed by atoms with Crippen LogP contribution in [0.5, 0.6) is 5.75 Å². The van der Waals surface area contributed by atoms with Gasteiger partial charge in [0.1, 0.15) is 12.3 Å². The quantitative estimate of drug-likeness (QED) is 0.570. The lowest BCUT2D eigenvalue weighted by Gasteiger charge is -2.24. The fraction of sp³-hybridized carbons (Fsp3) is 0.333. The first-order chi connectivity index (χ1) is 12.6. The Hall–Kier alpha value is -2.66. The van der Waals surface area contributed by atoms with Crippen molar-refractivity contribution in [1.82, 2.24) is 5.43 Å². The second kappa shape index (κ2) is 8.63. The zero-order valence-electron chi connectivity index (χ0n) is 15.2. The van der Waals surface area contributed by atoms with Gasteiger partial charge >= 0.3 is 0 Å². The van der Waals surface area contributed by atoms with Crippen molar-refractivity contribution in [2.75, 3.05) is 13.1 Å². The zero-order chi connectivity index (χ0) is 18.4. The highest BCUT2D eigenvalue weighted by Crippen LogP contribution is 2.18. The van der Waals surface area contributed by atoms with Gasteiger partial charge in [-0.2, -0.15) is 5.10 Å². The molecule has 1 aliphatic heterocycles. The average Bonchev–Trinajstić information content (AvgIpc) is 2.69. The summed E-state index contributed by atoms with van der Waals surface area (Å²) in [6.45, 7) is 4.99. The molecule has 2 aromatic rings. The van der Waals surface area contributed by atoms with E-state index in [1.54, 1.807) is 18.2 Å². The Bertz CT molecular complexity index is 781. The number of nitrogens with one attached hydrogen (secondary N) is 2. The number of benzene rings is 2. The summed E-state index contributed by atoms with van der Waals surface area (Å²) in [6, 6.07) is 14.5. The molecule has 5 heteroatoms. The van der Waals surface area contributed by atoms with Crippen molar-refractivity contribution in [2.24, 2.45) is 5.10 Å². The topological polar surface area (TPSA) is 66.1 Å². The van der Waals surface area contributed by atoms with Crippen molar-refractivity contribution in [3.63, 3.8) is 0 Å². The van der Waals surface area contributed by atoms with Gasteiger partial charge < -0.3 is 10.0 Å². The van der Waals surface area contributed by atoms with Crippen molar-refractivity contribution < 1.29 is 14.8 Å². The molecule has 1 fully saturated rings. The number of carbonyl (C=O) groups excluding carboxylic acids is 1. The van der Waals surface area contributed by atoms with Gasteiger partial charge in [0.05, 0.1) is 18.8 Å². The largest absolute Gasteiger partial charge is 0.507 e. The van der Waals surface area contributed by atoms with Gasteiger partial charge in [-0.3, -0.25) is 4.79 Å². The summed E-state index contributed by atoms with van der Waals surface area (Å²) in [5, 5.41) is 14.4. The number of aromatic hydroxyl groups is 1. The van der Waals surface area contributed by atoms with E-state index in [2.05, 4.69) is 10.5 Å². The molecule has 0 radical (unpaired) electrons. The fourth-order valence-electron chi connectivity index (χ4n) is 3.30. The number of carbonyl (C=O) groups is 1. The second-order valence-corrected chi connectivity index (χ2v) is 6.84. The molecule has 0 aliphatic carbocycles. The molecule has 1 amide bonds. The third-order valence-corrected chi connectivity index (χ3v) is 4.86. The summed E-state index contributed by atoms with van der Waals surface area (Å²) in [5.74, 6) is 0.0923. The summed E-state index contributed by atoms with van der Waals surface area (Å²) in [7, 11) is 0. The van der Waals surface area contributed by atoms with Gasteiger partial charge in [-0.25, -0.2) is 5.43 Å². The highest BCUT2D eigenvalue weighted by atomic mass is 16.3. The summed E-state index contributed by atoms with van der Waals surface area (Å²) in [4.78, 5) is 13.6. The normalized spacial score (nSPS) is 15.7. The van der Waals surface area contributed by atoms with E-state index in [9.17, 15) is 9.90 Å². The summed E-state index contributed by atoms with van der Waals surface area (Å²) >= 11 is 0. The van der Waals surface area contributed by atoms with Crippen LogP contribution in [0, 0.1) is 0 Å². The minimum absolute atomic E-state index is 0.235. The van der Waals surface area contributed by atoms with Gasteiger partial charge in [-0.15, -0.1) is 0 Å². The SMILES string of the molecule is C/C(=N\NC(=O)c1ccccc1)c1ccc(O)c(C[NH+]2CCCCC2)c1. The van der Waals surface area contributed by atoms with E-state index in [1.807, 2.05) is 37.3 Å². The number of amides is 1. The predicted octanol–water partition coefficient (Wildman–Crippen LogP) is 2.11. The minimum Gasteiger partial charge on any atom is -0.507 e. The van der Waals surface area contributed by atoms with E-state index in [1.165, 1.54) is 24.2 Å². The smallest absolute Gasteiger partial charge is 0.271 e. The second-order valence-electron chi connectivity index (χ2n) is 6.84. The summed E-state index contributed by atoms with van der Waals surface area (Å²) in [6.07, 6.45) is 3.81. The Morgan fingerprint density at radius 2 is 1.81 bits per heavy atom. The van der Waals surface area contributed by atoms with Crippen LogP contribution in [-0.4, -0.2) is 29.8 Å². The standard InChI is InChI=1S/C21H25N3O2/c1-16(22-23-21(26)17-8-4-2-5-9-17)18-10-11-20(25)19(14-18)15-24-12-6-3-7-13-24/h2,4-5,8-11,14,25H,3,6-7,12-13,15H2,1H3,(H,23,26)/p+1/b22-16+. The number of rotatable bonds is 5. The molecular formula is C21H26N3O2+. The molecule has 3 N–H and O–H groups in total. The van der Waals surface area contributed by atoms with E-state index >= 15 is 0 Å². The first-order valence-corrected chi connectivity index (χ1v) is 9.19. The first-order valence-electron chi connectivity index (χ1n) is 9.19. The number of quaternary nitrogens is 1. The molecule has 0 atom stereocenters. The monoisotopic (exact) mass is 352 g/mol. The van der Waals surface area contributed by atoms with Crippen molar-refractivity contribution >= 4 is 11.6 Å².